The lowest BCUT2D eigenvalue weighted by Crippen LogP contribution is -2.13. The van der Waals surface area contributed by atoms with E-state index in [4.69, 9.17) is 0 Å². The SMILES string of the molecule is CSc1ccc(C(=O)Nc2ccc(-c3ccc(NC(=O)c4ccc(SC)cc4)c(C)c3)cc2C)cc1. The highest BCUT2D eigenvalue weighted by Crippen LogP contribution is 2.29. The van der Waals surface area contributed by atoms with Crippen LogP contribution in [0.3, 0.4) is 0 Å². The first-order valence-corrected chi connectivity index (χ1v) is 14.0. The molecule has 0 aliphatic carbocycles. The maximum Gasteiger partial charge on any atom is 0.255 e. The third-order valence-electron chi connectivity index (χ3n) is 5.99. The Balaban J connectivity index is 1.46. The lowest BCUT2D eigenvalue weighted by Gasteiger charge is -2.13. The Bertz CT molecular complexity index is 1290. The molecule has 6 heteroatoms. The van der Waals surface area contributed by atoms with Crippen LogP contribution in [0.15, 0.2) is 94.7 Å². The van der Waals surface area contributed by atoms with Crippen molar-refractivity contribution in [2.24, 2.45) is 0 Å². The van der Waals surface area contributed by atoms with Gasteiger partial charge in [0.25, 0.3) is 11.8 Å². The summed E-state index contributed by atoms with van der Waals surface area (Å²) in [5.41, 5.74) is 6.87. The molecule has 0 radical (unpaired) electrons. The highest BCUT2D eigenvalue weighted by atomic mass is 32.2. The second kappa shape index (κ2) is 11.5. The summed E-state index contributed by atoms with van der Waals surface area (Å²) in [4.78, 5) is 27.6. The van der Waals surface area contributed by atoms with Gasteiger partial charge in [-0.1, -0.05) is 12.1 Å². The molecule has 0 spiro atoms. The summed E-state index contributed by atoms with van der Waals surface area (Å²) in [5, 5.41) is 6.03. The quantitative estimate of drug-likeness (QED) is 0.247. The Hall–Kier alpha value is -3.48. The molecule has 4 nitrogen and oxygen atoms in total. The first-order chi connectivity index (χ1) is 17.4. The van der Waals surface area contributed by atoms with Crippen LogP contribution in [0.25, 0.3) is 11.1 Å². The fourth-order valence-electron chi connectivity index (χ4n) is 3.84. The van der Waals surface area contributed by atoms with Crippen molar-refractivity contribution in [3.05, 3.63) is 107 Å². The van der Waals surface area contributed by atoms with E-state index in [9.17, 15) is 9.59 Å². The average Bonchev–Trinajstić information content (AvgIpc) is 2.91. The molecule has 0 aliphatic rings. The van der Waals surface area contributed by atoms with E-state index in [0.29, 0.717) is 11.1 Å². The lowest BCUT2D eigenvalue weighted by molar-refractivity contribution is 0.101. The summed E-state index contributed by atoms with van der Waals surface area (Å²) in [6.45, 7) is 3.97. The molecule has 0 fully saturated rings. The molecule has 0 saturated heterocycles. The van der Waals surface area contributed by atoms with E-state index >= 15 is 0 Å². The number of carbonyl (C=O) groups excluding carboxylic acids is 2. The fraction of sp³-hybridized carbons (Fsp3) is 0.133. The number of amides is 2. The maximum atomic E-state index is 12.7. The number of thioether (sulfide) groups is 2. The van der Waals surface area contributed by atoms with Crippen molar-refractivity contribution in [2.45, 2.75) is 23.6 Å². The van der Waals surface area contributed by atoms with Crippen LogP contribution in [0.2, 0.25) is 0 Å². The van der Waals surface area contributed by atoms with Crippen molar-refractivity contribution in [3.63, 3.8) is 0 Å². The van der Waals surface area contributed by atoms with E-state index < -0.39 is 0 Å². The minimum atomic E-state index is -0.127. The minimum Gasteiger partial charge on any atom is -0.322 e. The van der Waals surface area contributed by atoms with E-state index in [1.807, 2.05) is 99.2 Å². The zero-order valence-corrected chi connectivity index (χ0v) is 22.3. The molecule has 4 aromatic carbocycles. The highest BCUT2D eigenvalue weighted by molar-refractivity contribution is 7.98. The zero-order valence-electron chi connectivity index (χ0n) is 20.7. The molecule has 0 unspecified atom stereocenters. The molecule has 0 saturated carbocycles. The molecular weight excluding hydrogens is 484 g/mol. The minimum absolute atomic E-state index is 0.127. The molecule has 4 rings (SSSR count). The van der Waals surface area contributed by atoms with Gasteiger partial charge in [0, 0.05) is 32.3 Å². The summed E-state index contributed by atoms with van der Waals surface area (Å²) < 4.78 is 0. The van der Waals surface area contributed by atoms with E-state index in [1.54, 1.807) is 23.5 Å². The van der Waals surface area contributed by atoms with Crippen LogP contribution in [0, 0.1) is 13.8 Å². The Labute approximate surface area is 220 Å². The van der Waals surface area contributed by atoms with Crippen molar-refractivity contribution in [2.75, 3.05) is 23.1 Å². The second-order valence-electron chi connectivity index (χ2n) is 8.42. The molecule has 0 bridgehead atoms. The maximum absolute atomic E-state index is 12.7. The fourth-order valence-corrected chi connectivity index (χ4v) is 4.66. The van der Waals surface area contributed by atoms with Gasteiger partial charge < -0.3 is 10.6 Å². The van der Waals surface area contributed by atoms with Gasteiger partial charge in [0.05, 0.1) is 0 Å². The number of benzene rings is 4. The van der Waals surface area contributed by atoms with Gasteiger partial charge in [-0.2, -0.15) is 0 Å². The molecule has 0 heterocycles. The topological polar surface area (TPSA) is 58.2 Å². The zero-order chi connectivity index (χ0) is 25.7. The van der Waals surface area contributed by atoms with Crippen molar-refractivity contribution < 1.29 is 9.59 Å². The lowest BCUT2D eigenvalue weighted by atomic mass is 9.99. The molecular formula is C30H28N2O2S2. The molecule has 4 aromatic rings. The predicted molar refractivity (Wildman–Crippen MR) is 154 cm³/mol. The molecule has 182 valence electrons. The first kappa shape index (κ1) is 25.6. The standard InChI is InChI=1S/C30H28N2O2S2/c1-19-17-23(9-15-27(19)31-29(33)21-5-11-25(35-3)12-6-21)24-10-16-28(20(2)18-24)32-30(34)22-7-13-26(36-4)14-8-22/h5-18H,1-4H3,(H,31,33)(H,32,34). The van der Waals surface area contributed by atoms with Gasteiger partial charge in [-0.3, -0.25) is 9.59 Å². The van der Waals surface area contributed by atoms with E-state index in [0.717, 1.165) is 43.4 Å². The van der Waals surface area contributed by atoms with Crippen molar-refractivity contribution in [1.82, 2.24) is 0 Å². The number of hydrogen-bond acceptors (Lipinski definition) is 4. The van der Waals surface area contributed by atoms with Crippen LogP contribution in [-0.2, 0) is 0 Å². The smallest absolute Gasteiger partial charge is 0.255 e. The third-order valence-corrected chi connectivity index (χ3v) is 7.47. The van der Waals surface area contributed by atoms with Crippen LogP contribution in [0.4, 0.5) is 11.4 Å². The van der Waals surface area contributed by atoms with Crippen molar-refractivity contribution in [1.29, 1.82) is 0 Å². The van der Waals surface area contributed by atoms with E-state index in [-0.39, 0.29) is 11.8 Å². The molecule has 2 N–H and O–H groups in total. The summed E-state index contributed by atoms with van der Waals surface area (Å²) in [6, 6.07) is 27.1. The summed E-state index contributed by atoms with van der Waals surface area (Å²) in [5.74, 6) is -0.255. The second-order valence-corrected chi connectivity index (χ2v) is 10.2. The number of rotatable bonds is 7. The Morgan fingerprint density at radius 1 is 0.556 bits per heavy atom. The summed E-state index contributed by atoms with van der Waals surface area (Å²) in [6.07, 6.45) is 4.02. The van der Waals surface area contributed by atoms with Crippen LogP contribution in [0.1, 0.15) is 31.8 Å². The highest BCUT2D eigenvalue weighted by Gasteiger charge is 2.11. The monoisotopic (exact) mass is 512 g/mol. The molecule has 0 aromatic heterocycles. The Kier molecular flexibility index (Phi) is 8.18. The van der Waals surface area contributed by atoms with Crippen molar-refractivity contribution in [3.8, 4) is 11.1 Å². The molecule has 36 heavy (non-hydrogen) atoms. The average molecular weight is 513 g/mol. The number of aryl methyl sites for hydroxylation is 2. The predicted octanol–water partition coefficient (Wildman–Crippen LogP) is 7.92. The number of anilines is 2. The first-order valence-electron chi connectivity index (χ1n) is 11.5. The van der Waals surface area contributed by atoms with E-state index in [1.165, 1.54) is 0 Å². The van der Waals surface area contributed by atoms with Gasteiger partial charge in [-0.05, 0) is 121 Å². The Morgan fingerprint density at radius 2 is 0.917 bits per heavy atom. The van der Waals surface area contributed by atoms with Crippen molar-refractivity contribution >= 4 is 46.7 Å². The van der Waals surface area contributed by atoms with Crippen LogP contribution >= 0.6 is 23.5 Å². The van der Waals surface area contributed by atoms with Gasteiger partial charge in [0.1, 0.15) is 0 Å². The van der Waals surface area contributed by atoms with Gasteiger partial charge >= 0.3 is 0 Å². The van der Waals surface area contributed by atoms with E-state index in [2.05, 4.69) is 22.8 Å². The van der Waals surface area contributed by atoms with Gasteiger partial charge in [-0.25, -0.2) is 0 Å². The van der Waals surface area contributed by atoms with Gasteiger partial charge in [-0.15, -0.1) is 23.5 Å². The molecule has 0 atom stereocenters. The normalized spacial score (nSPS) is 10.7. The number of nitrogens with one attached hydrogen (secondary N) is 2. The number of hydrogen-bond donors (Lipinski definition) is 2. The third kappa shape index (κ3) is 6.01. The van der Waals surface area contributed by atoms with Gasteiger partial charge in [0.2, 0.25) is 0 Å². The molecule has 0 aliphatic heterocycles. The Morgan fingerprint density at radius 3 is 1.22 bits per heavy atom. The summed E-state index contributed by atoms with van der Waals surface area (Å²) >= 11 is 3.29. The van der Waals surface area contributed by atoms with Crippen LogP contribution in [-0.4, -0.2) is 24.3 Å². The van der Waals surface area contributed by atoms with Crippen LogP contribution in [0.5, 0.6) is 0 Å². The molecule has 2 amide bonds. The largest absolute Gasteiger partial charge is 0.322 e. The van der Waals surface area contributed by atoms with Crippen LogP contribution < -0.4 is 10.6 Å². The van der Waals surface area contributed by atoms with Gasteiger partial charge in [0.15, 0.2) is 0 Å². The number of carbonyl (C=O) groups is 2. The summed E-state index contributed by atoms with van der Waals surface area (Å²) in [7, 11) is 0.